The largest absolute Gasteiger partial charge is 0.497 e. The van der Waals surface area contributed by atoms with Gasteiger partial charge in [-0.05, 0) is 73.9 Å². The maximum Gasteiger partial charge on any atom is 0.233 e. The Morgan fingerprint density at radius 3 is 2.58 bits per heavy atom. The van der Waals surface area contributed by atoms with Crippen LogP contribution in [0.15, 0.2) is 48.8 Å². The van der Waals surface area contributed by atoms with Gasteiger partial charge >= 0.3 is 0 Å². The first-order chi connectivity index (χ1) is 12.7. The molecule has 1 aliphatic heterocycles. The summed E-state index contributed by atoms with van der Waals surface area (Å²) in [6.45, 7) is 0.901. The summed E-state index contributed by atoms with van der Waals surface area (Å²) < 4.78 is 5.25. The lowest BCUT2D eigenvalue weighted by molar-refractivity contribution is -0.134. The van der Waals surface area contributed by atoms with Gasteiger partial charge < -0.3 is 9.64 Å². The van der Waals surface area contributed by atoms with Crippen molar-refractivity contribution in [3.05, 3.63) is 59.9 Å². The van der Waals surface area contributed by atoms with Crippen molar-refractivity contribution in [2.75, 3.05) is 13.7 Å². The van der Waals surface area contributed by atoms with Crippen LogP contribution in [0.1, 0.15) is 43.2 Å². The van der Waals surface area contributed by atoms with Crippen molar-refractivity contribution in [2.24, 2.45) is 0 Å². The van der Waals surface area contributed by atoms with Crippen LogP contribution in [0, 0.1) is 0 Å². The molecular weight excluding hydrogens is 324 g/mol. The lowest BCUT2D eigenvalue weighted by Crippen LogP contribution is -2.42. The van der Waals surface area contributed by atoms with Crippen LogP contribution in [-0.2, 0) is 16.6 Å². The normalized spacial score (nSPS) is 20.8. The number of nitrogens with zero attached hydrogens (tertiary/aromatic N) is 2. The maximum atomic E-state index is 13.4. The van der Waals surface area contributed by atoms with Crippen LogP contribution in [0.3, 0.4) is 0 Å². The van der Waals surface area contributed by atoms with E-state index in [9.17, 15) is 4.79 Å². The van der Waals surface area contributed by atoms with Crippen molar-refractivity contribution in [3.8, 4) is 5.75 Å². The van der Waals surface area contributed by atoms with Gasteiger partial charge in [-0.1, -0.05) is 12.1 Å². The van der Waals surface area contributed by atoms with Crippen molar-refractivity contribution >= 4 is 5.91 Å². The zero-order valence-electron chi connectivity index (χ0n) is 15.4. The molecule has 136 valence electrons. The average molecular weight is 350 g/mol. The average Bonchev–Trinajstić information content (AvgIpc) is 3.38. The summed E-state index contributed by atoms with van der Waals surface area (Å²) in [4.78, 5) is 19.6. The number of ether oxygens (including phenoxy) is 1. The molecule has 0 unspecified atom stereocenters. The SMILES string of the molecule is COc1ccc(C2(C(=O)N3CCC[C@H]3CCc3ccncc3)CC2)cc1. The van der Waals surface area contributed by atoms with Gasteiger partial charge in [0.1, 0.15) is 5.75 Å². The van der Waals surface area contributed by atoms with Gasteiger partial charge in [0.25, 0.3) is 0 Å². The fourth-order valence-electron chi connectivity index (χ4n) is 4.22. The number of carbonyl (C=O) groups excluding carboxylic acids is 1. The Morgan fingerprint density at radius 2 is 1.92 bits per heavy atom. The Hall–Kier alpha value is -2.36. The second-order valence-electron chi connectivity index (χ2n) is 7.50. The van der Waals surface area contributed by atoms with E-state index in [0.29, 0.717) is 11.9 Å². The van der Waals surface area contributed by atoms with E-state index >= 15 is 0 Å². The number of aryl methyl sites for hydroxylation is 1. The number of likely N-dealkylation sites (tertiary alicyclic amines) is 1. The molecule has 0 spiro atoms. The van der Waals surface area contributed by atoms with Gasteiger partial charge in [0.05, 0.1) is 12.5 Å². The summed E-state index contributed by atoms with van der Waals surface area (Å²) in [5, 5.41) is 0. The molecule has 1 atom stereocenters. The van der Waals surface area contributed by atoms with Crippen molar-refractivity contribution < 1.29 is 9.53 Å². The predicted octanol–water partition coefficient (Wildman–Crippen LogP) is 3.75. The minimum absolute atomic E-state index is 0.286. The Bertz CT molecular complexity index is 753. The summed E-state index contributed by atoms with van der Waals surface area (Å²) in [5.41, 5.74) is 2.16. The number of rotatable bonds is 6. The van der Waals surface area contributed by atoms with Crippen LogP contribution < -0.4 is 4.74 Å². The third-order valence-corrected chi connectivity index (χ3v) is 5.96. The lowest BCUT2D eigenvalue weighted by atomic mass is 9.93. The number of hydrogen-bond donors (Lipinski definition) is 0. The minimum Gasteiger partial charge on any atom is -0.497 e. The summed E-state index contributed by atoms with van der Waals surface area (Å²) in [6, 6.07) is 12.6. The van der Waals surface area contributed by atoms with E-state index in [-0.39, 0.29) is 5.41 Å². The highest BCUT2D eigenvalue weighted by Crippen LogP contribution is 2.50. The number of carbonyl (C=O) groups is 1. The van der Waals surface area contributed by atoms with Crippen LogP contribution >= 0.6 is 0 Å². The highest BCUT2D eigenvalue weighted by atomic mass is 16.5. The first-order valence-electron chi connectivity index (χ1n) is 9.57. The number of pyridine rings is 1. The Kier molecular flexibility index (Phi) is 4.66. The molecule has 1 aromatic heterocycles. The first-order valence-corrected chi connectivity index (χ1v) is 9.57. The van der Waals surface area contributed by atoms with Gasteiger partial charge in [-0.2, -0.15) is 0 Å². The van der Waals surface area contributed by atoms with E-state index in [2.05, 4.69) is 34.1 Å². The smallest absolute Gasteiger partial charge is 0.233 e. The maximum absolute atomic E-state index is 13.4. The van der Waals surface area contributed by atoms with Crippen LogP contribution in [0.2, 0.25) is 0 Å². The predicted molar refractivity (Wildman–Crippen MR) is 101 cm³/mol. The highest BCUT2D eigenvalue weighted by Gasteiger charge is 2.54. The quantitative estimate of drug-likeness (QED) is 0.797. The molecule has 2 fully saturated rings. The van der Waals surface area contributed by atoms with Gasteiger partial charge in [0.2, 0.25) is 5.91 Å². The number of aromatic nitrogens is 1. The standard InChI is InChI=1S/C22H26N2O2/c1-26-20-8-5-18(6-9-20)22(12-13-22)21(25)24-16-2-3-19(24)7-4-17-10-14-23-15-11-17/h5-6,8-11,14-15,19H,2-4,7,12-13,16H2,1H3/t19-/m0/s1. The Balaban J connectivity index is 1.45. The molecule has 1 amide bonds. The fraction of sp³-hybridized carbons (Fsp3) is 0.455. The summed E-state index contributed by atoms with van der Waals surface area (Å²) in [7, 11) is 1.67. The van der Waals surface area contributed by atoms with E-state index in [1.54, 1.807) is 7.11 Å². The zero-order valence-corrected chi connectivity index (χ0v) is 15.4. The van der Waals surface area contributed by atoms with Crippen molar-refractivity contribution in [3.63, 3.8) is 0 Å². The minimum atomic E-state index is -0.286. The summed E-state index contributed by atoms with van der Waals surface area (Å²) >= 11 is 0. The van der Waals surface area contributed by atoms with Gasteiger partial charge in [-0.15, -0.1) is 0 Å². The molecule has 26 heavy (non-hydrogen) atoms. The van der Waals surface area contributed by atoms with Crippen LogP contribution in [0.5, 0.6) is 5.75 Å². The van der Waals surface area contributed by atoms with Crippen molar-refractivity contribution in [2.45, 2.75) is 50.0 Å². The molecule has 2 aliphatic rings. The summed E-state index contributed by atoms with van der Waals surface area (Å²) in [5.74, 6) is 1.17. The fourth-order valence-corrected chi connectivity index (χ4v) is 4.22. The molecule has 1 saturated carbocycles. The molecule has 4 nitrogen and oxygen atoms in total. The third-order valence-electron chi connectivity index (χ3n) is 5.96. The highest BCUT2D eigenvalue weighted by molar-refractivity contribution is 5.91. The molecule has 2 heterocycles. The van der Waals surface area contributed by atoms with E-state index < -0.39 is 0 Å². The van der Waals surface area contributed by atoms with Crippen LogP contribution in [0.25, 0.3) is 0 Å². The first kappa shape index (κ1) is 17.1. The molecular formula is C22H26N2O2. The zero-order chi connectivity index (χ0) is 18.0. The van der Waals surface area contributed by atoms with E-state index in [1.807, 2.05) is 24.5 Å². The van der Waals surface area contributed by atoms with Crippen molar-refractivity contribution in [1.29, 1.82) is 0 Å². The van der Waals surface area contributed by atoms with E-state index in [0.717, 1.165) is 56.4 Å². The number of hydrogen-bond acceptors (Lipinski definition) is 3. The second kappa shape index (κ2) is 7.10. The molecule has 1 saturated heterocycles. The molecule has 4 rings (SSSR count). The molecule has 2 aromatic rings. The third kappa shape index (κ3) is 3.20. The van der Waals surface area contributed by atoms with Gasteiger partial charge in [-0.3, -0.25) is 9.78 Å². The monoisotopic (exact) mass is 350 g/mol. The van der Waals surface area contributed by atoms with Crippen LogP contribution in [0.4, 0.5) is 0 Å². The van der Waals surface area contributed by atoms with Gasteiger partial charge in [0.15, 0.2) is 0 Å². The van der Waals surface area contributed by atoms with Crippen LogP contribution in [-0.4, -0.2) is 35.5 Å². The Labute approximate surface area is 155 Å². The Morgan fingerprint density at radius 1 is 1.19 bits per heavy atom. The molecule has 1 aliphatic carbocycles. The van der Waals surface area contributed by atoms with E-state index in [1.165, 1.54) is 5.56 Å². The lowest BCUT2D eigenvalue weighted by Gasteiger charge is -2.29. The molecule has 0 radical (unpaired) electrons. The number of methoxy groups -OCH3 is 1. The molecule has 4 heteroatoms. The summed E-state index contributed by atoms with van der Waals surface area (Å²) in [6.07, 6.45) is 9.89. The van der Waals surface area contributed by atoms with Crippen molar-refractivity contribution in [1.82, 2.24) is 9.88 Å². The molecule has 0 N–H and O–H groups in total. The second-order valence-corrected chi connectivity index (χ2v) is 7.50. The number of benzene rings is 1. The molecule has 0 bridgehead atoms. The van der Waals surface area contributed by atoms with E-state index in [4.69, 9.17) is 4.74 Å². The molecule has 1 aromatic carbocycles. The van der Waals surface area contributed by atoms with Gasteiger partial charge in [-0.25, -0.2) is 0 Å². The topological polar surface area (TPSA) is 42.4 Å². The number of amides is 1. The van der Waals surface area contributed by atoms with Gasteiger partial charge in [0, 0.05) is 25.0 Å².